The SMILES string of the molecule is Cc1cccc(-n2ccc[n+]2C)[n+]1C. The molecule has 0 spiro atoms. The maximum Gasteiger partial charge on any atom is 0.342 e. The molecular weight excluding hydrogens is 174 g/mol. The number of aromatic nitrogens is 3. The van der Waals surface area contributed by atoms with Crippen LogP contribution in [-0.2, 0) is 14.1 Å². The zero-order valence-electron chi connectivity index (χ0n) is 8.81. The molecule has 3 nitrogen and oxygen atoms in total. The smallest absolute Gasteiger partial charge is 0.230 e. The minimum absolute atomic E-state index is 1.16. The molecular formula is C11H15N3+2. The highest BCUT2D eigenvalue weighted by Gasteiger charge is 2.17. The van der Waals surface area contributed by atoms with E-state index in [1.807, 2.05) is 19.3 Å². The van der Waals surface area contributed by atoms with Crippen molar-refractivity contribution in [3.8, 4) is 5.82 Å². The van der Waals surface area contributed by atoms with E-state index in [2.05, 4.69) is 52.3 Å². The molecule has 2 aromatic heterocycles. The molecule has 0 bridgehead atoms. The van der Waals surface area contributed by atoms with Crippen LogP contribution in [0.25, 0.3) is 5.82 Å². The molecule has 0 N–H and O–H groups in total. The lowest BCUT2D eigenvalue weighted by molar-refractivity contribution is -0.766. The van der Waals surface area contributed by atoms with Crippen molar-refractivity contribution in [2.24, 2.45) is 14.1 Å². The van der Waals surface area contributed by atoms with Gasteiger partial charge in [0.1, 0.15) is 5.69 Å². The summed E-state index contributed by atoms with van der Waals surface area (Å²) in [5.41, 5.74) is 1.25. The van der Waals surface area contributed by atoms with Crippen LogP contribution in [0.5, 0.6) is 0 Å². The van der Waals surface area contributed by atoms with Crippen LogP contribution in [0.2, 0.25) is 0 Å². The van der Waals surface area contributed by atoms with Crippen molar-refractivity contribution in [2.75, 3.05) is 0 Å². The highest BCUT2D eigenvalue weighted by atomic mass is 15.4. The van der Waals surface area contributed by atoms with Crippen molar-refractivity contribution in [3.63, 3.8) is 0 Å². The molecule has 0 unspecified atom stereocenters. The lowest BCUT2D eigenvalue weighted by Gasteiger charge is -2.00. The van der Waals surface area contributed by atoms with Gasteiger partial charge in [0.25, 0.3) is 0 Å². The first kappa shape index (κ1) is 8.94. The van der Waals surface area contributed by atoms with Crippen LogP contribution in [-0.4, -0.2) is 4.68 Å². The Balaban J connectivity index is 2.63. The van der Waals surface area contributed by atoms with Crippen molar-refractivity contribution in [2.45, 2.75) is 6.92 Å². The predicted octanol–water partition coefficient (Wildman–Crippen LogP) is 0.435. The highest BCUT2D eigenvalue weighted by molar-refractivity contribution is 5.14. The van der Waals surface area contributed by atoms with E-state index in [4.69, 9.17) is 0 Å². The number of hydrogen-bond acceptors (Lipinski definition) is 0. The first-order valence-electron chi connectivity index (χ1n) is 4.69. The summed E-state index contributed by atoms with van der Waals surface area (Å²) in [4.78, 5) is 0. The molecule has 3 heteroatoms. The van der Waals surface area contributed by atoms with E-state index < -0.39 is 0 Å². The van der Waals surface area contributed by atoms with Gasteiger partial charge in [-0.3, -0.25) is 0 Å². The summed E-state index contributed by atoms with van der Waals surface area (Å²) >= 11 is 0. The number of aryl methyl sites for hydroxylation is 2. The van der Waals surface area contributed by atoms with Gasteiger partial charge in [-0.15, -0.1) is 0 Å². The minimum atomic E-state index is 1.16. The van der Waals surface area contributed by atoms with E-state index in [9.17, 15) is 0 Å². The third kappa shape index (κ3) is 1.31. The Hall–Kier alpha value is -1.64. The molecule has 0 fully saturated rings. The summed E-state index contributed by atoms with van der Waals surface area (Å²) < 4.78 is 6.32. The van der Waals surface area contributed by atoms with Crippen LogP contribution >= 0.6 is 0 Å². The van der Waals surface area contributed by atoms with E-state index in [0.717, 1.165) is 5.82 Å². The lowest BCUT2D eigenvalue weighted by atomic mass is 10.3. The second-order valence-corrected chi connectivity index (χ2v) is 3.49. The first-order chi connectivity index (χ1) is 6.70. The van der Waals surface area contributed by atoms with E-state index in [1.165, 1.54) is 5.69 Å². The van der Waals surface area contributed by atoms with Gasteiger partial charge >= 0.3 is 5.82 Å². The van der Waals surface area contributed by atoms with Crippen LogP contribution in [0.15, 0.2) is 36.7 Å². The van der Waals surface area contributed by atoms with E-state index >= 15 is 0 Å². The third-order valence-electron chi connectivity index (χ3n) is 2.56. The average Bonchev–Trinajstić information content (AvgIpc) is 2.57. The molecule has 2 rings (SSSR count). The van der Waals surface area contributed by atoms with Gasteiger partial charge in [0.2, 0.25) is 6.20 Å². The number of pyridine rings is 1. The molecule has 14 heavy (non-hydrogen) atoms. The number of nitrogens with zero attached hydrogens (tertiary/aromatic N) is 3. The van der Waals surface area contributed by atoms with Gasteiger partial charge in [-0.25, -0.2) is 4.57 Å². The molecule has 72 valence electrons. The van der Waals surface area contributed by atoms with Crippen LogP contribution < -0.4 is 9.25 Å². The van der Waals surface area contributed by atoms with Crippen LogP contribution in [0.1, 0.15) is 5.69 Å². The Labute approximate surface area is 83.8 Å². The average molecular weight is 189 g/mol. The molecule has 0 radical (unpaired) electrons. The summed E-state index contributed by atoms with van der Waals surface area (Å²) in [5, 5.41) is 0. The van der Waals surface area contributed by atoms with Crippen LogP contribution in [0.4, 0.5) is 0 Å². The first-order valence-corrected chi connectivity index (χ1v) is 4.69. The molecule has 0 aliphatic carbocycles. The van der Waals surface area contributed by atoms with Gasteiger partial charge in [-0.2, -0.15) is 0 Å². The van der Waals surface area contributed by atoms with Gasteiger partial charge in [0.15, 0.2) is 13.2 Å². The zero-order chi connectivity index (χ0) is 10.1. The maximum absolute atomic E-state index is 2.17. The lowest BCUT2D eigenvalue weighted by Crippen LogP contribution is -2.45. The van der Waals surface area contributed by atoms with Gasteiger partial charge < -0.3 is 0 Å². The largest absolute Gasteiger partial charge is 0.342 e. The van der Waals surface area contributed by atoms with Gasteiger partial charge in [-0.1, -0.05) is 6.07 Å². The Morgan fingerprint density at radius 3 is 2.57 bits per heavy atom. The normalized spacial score (nSPS) is 10.5. The summed E-state index contributed by atoms with van der Waals surface area (Å²) in [6, 6.07) is 8.31. The van der Waals surface area contributed by atoms with Crippen molar-refractivity contribution >= 4 is 0 Å². The fourth-order valence-corrected chi connectivity index (χ4v) is 1.57. The van der Waals surface area contributed by atoms with E-state index in [-0.39, 0.29) is 0 Å². The van der Waals surface area contributed by atoms with E-state index in [1.54, 1.807) is 0 Å². The van der Waals surface area contributed by atoms with Crippen LogP contribution in [0.3, 0.4) is 0 Å². The van der Waals surface area contributed by atoms with Gasteiger partial charge in [0.05, 0.1) is 13.1 Å². The van der Waals surface area contributed by atoms with E-state index in [0.29, 0.717) is 0 Å². The van der Waals surface area contributed by atoms with Crippen LogP contribution in [0, 0.1) is 6.92 Å². The fraction of sp³-hybridized carbons (Fsp3) is 0.273. The number of rotatable bonds is 1. The molecule has 0 aromatic carbocycles. The molecule has 0 aliphatic rings. The number of hydrogen-bond donors (Lipinski definition) is 0. The monoisotopic (exact) mass is 189 g/mol. The van der Waals surface area contributed by atoms with Gasteiger partial charge in [0, 0.05) is 10.7 Å². The Kier molecular flexibility index (Phi) is 2.08. The van der Waals surface area contributed by atoms with Gasteiger partial charge in [-0.05, 0) is 17.7 Å². The third-order valence-corrected chi connectivity index (χ3v) is 2.56. The summed E-state index contributed by atoms with van der Waals surface area (Å²) in [5.74, 6) is 1.16. The second kappa shape index (κ2) is 3.25. The molecule has 2 aromatic rings. The molecule has 0 aliphatic heterocycles. The second-order valence-electron chi connectivity index (χ2n) is 3.49. The Morgan fingerprint density at radius 1 is 1.14 bits per heavy atom. The summed E-state index contributed by atoms with van der Waals surface area (Å²) in [7, 11) is 4.10. The molecule has 2 heterocycles. The molecule has 0 amide bonds. The highest BCUT2D eigenvalue weighted by Crippen LogP contribution is 1.99. The van der Waals surface area contributed by atoms with Crippen molar-refractivity contribution in [1.82, 2.24) is 4.68 Å². The molecule has 0 atom stereocenters. The fourth-order valence-electron chi connectivity index (χ4n) is 1.57. The quantitative estimate of drug-likeness (QED) is 0.577. The summed E-state index contributed by atoms with van der Waals surface area (Å²) in [6.45, 7) is 2.10. The minimum Gasteiger partial charge on any atom is -0.230 e. The Morgan fingerprint density at radius 2 is 1.93 bits per heavy atom. The zero-order valence-corrected chi connectivity index (χ0v) is 8.81. The maximum atomic E-state index is 2.17. The van der Waals surface area contributed by atoms with Crippen molar-refractivity contribution < 1.29 is 9.25 Å². The Bertz CT molecular complexity index is 457. The standard InChI is InChI=1S/C11H15N3/c1-10-6-4-7-11(13(10)3)14-9-5-8-12(14)2/h4-9H,1-3H3/q+2. The van der Waals surface area contributed by atoms with Crippen molar-refractivity contribution in [3.05, 3.63) is 42.4 Å². The van der Waals surface area contributed by atoms with Crippen molar-refractivity contribution in [1.29, 1.82) is 0 Å². The topological polar surface area (TPSA) is 12.7 Å². The molecule has 0 saturated heterocycles. The predicted molar refractivity (Wildman–Crippen MR) is 52.9 cm³/mol. The summed E-state index contributed by atoms with van der Waals surface area (Å²) in [6.07, 6.45) is 4.08. The molecule has 0 saturated carbocycles.